The van der Waals surface area contributed by atoms with Gasteiger partial charge in [0.2, 0.25) is 0 Å². The summed E-state index contributed by atoms with van der Waals surface area (Å²) in [5, 5.41) is 6.97. The first-order valence-corrected chi connectivity index (χ1v) is 11.5. The van der Waals surface area contributed by atoms with Crippen molar-refractivity contribution in [2.24, 2.45) is 5.92 Å². The Morgan fingerprint density at radius 1 is 1.11 bits per heavy atom. The van der Waals surface area contributed by atoms with Crippen molar-refractivity contribution < 1.29 is 14.1 Å². The quantitative estimate of drug-likeness (QED) is 0.401. The zero-order valence-electron chi connectivity index (χ0n) is 20.7. The van der Waals surface area contributed by atoms with Gasteiger partial charge in [-0.05, 0) is 39.0 Å². The molecule has 3 heterocycles. The summed E-state index contributed by atoms with van der Waals surface area (Å²) in [6.45, 7) is 9.23. The number of carbonyl (C=O) groups excluding carboxylic acids is 1. The van der Waals surface area contributed by atoms with Crippen molar-refractivity contribution in [1.29, 1.82) is 0 Å². The number of carbonyl (C=O) groups is 1. The van der Waals surface area contributed by atoms with E-state index in [4.69, 9.17) is 14.2 Å². The molecular weight excluding hydrogens is 446 g/mol. The molecule has 0 spiro atoms. The summed E-state index contributed by atoms with van der Waals surface area (Å²) >= 11 is 0. The van der Waals surface area contributed by atoms with Crippen molar-refractivity contribution in [1.82, 2.24) is 19.7 Å². The van der Waals surface area contributed by atoms with E-state index in [1.807, 2.05) is 71.0 Å². The van der Waals surface area contributed by atoms with Gasteiger partial charge in [-0.3, -0.25) is 14.2 Å². The number of pyridine rings is 1. The second-order valence-electron chi connectivity index (χ2n) is 8.77. The van der Waals surface area contributed by atoms with Gasteiger partial charge in [-0.1, -0.05) is 37.2 Å². The SMILES string of the molecule is COc1ccccc1C(C)n1c(=O)c(NCC(=O)C(C)C)nc2ccc(-c3c(C)noc3C)nc21. The van der Waals surface area contributed by atoms with E-state index in [9.17, 15) is 9.59 Å². The third-order valence-electron chi connectivity index (χ3n) is 6.08. The Kier molecular flexibility index (Phi) is 6.68. The molecule has 0 saturated carbocycles. The lowest BCUT2D eigenvalue weighted by Gasteiger charge is -2.21. The number of anilines is 1. The Balaban J connectivity index is 1.94. The van der Waals surface area contributed by atoms with Gasteiger partial charge in [-0.2, -0.15) is 0 Å². The highest BCUT2D eigenvalue weighted by Gasteiger charge is 2.22. The molecule has 0 bridgehead atoms. The Labute approximate surface area is 203 Å². The van der Waals surface area contributed by atoms with Crippen molar-refractivity contribution in [2.75, 3.05) is 19.0 Å². The fourth-order valence-electron chi connectivity index (χ4n) is 4.07. The number of rotatable bonds is 8. The summed E-state index contributed by atoms with van der Waals surface area (Å²) < 4.78 is 12.5. The lowest BCUT2D eigenvalue weighted by Crippen LogP contribution is -2.31. The molecule has 3 aromatic heterocycles. The molecule has 1 N–H and O–H groups in total. The fourth-order valence-corrected chi connectivity index (χ4v) is 4.07. The zero-order chi connectivity index (χ0) is 25.3. The molecular formula is C26H29N5O4. The highest BCUT2D eigenvalue weighted by Crippen LogP contribution is 2.31. The fraction of sp³-hybridized carbons (Fsp3) is 0.346. The van der Waals surface area contributed by atoms with Crippen molar-refractivity contribution in [3.8, 4) is 17.0 Å². The number of benzene rings is 1. The van der Waals surface area contributed by atoms with Crippen LogP contribution in [0.4, 0.5) is 5.82 Å². The van der Waals surface area contributed by atoms with Gasteiger partial charge in [0.1, 0.15) is 17.0 Å². The van der Waals surface area contributed by atoms with Crippen molar-refractivity contribution in [3.05, 3.63) is 63.8 Å². The number of nitrogens with zero attached hydrogens (tertiary/aromatic N) is 4. The van der Waals surface area contributed by atoms with E-state index >= 15 is 0 Å². The summed E-state index contributed by atoms with van der Waals surface area (Å²) in [6, 6.07) is 10.7. The van der Waals surface area contributed by atoms with Gasteiger partial charge >= 0.3 is 0 Å². The van der Waals surface area contributed by atoms with E-state index in [-0.39, 0.29) is 29.6 Å². The van der Waals surface area contributed by atoms with Gasteiger partial charge in [0.05, 0.1) is 36.6 Å². The molecule has 9 nitrogen and oxygen atoms in total. The number of hydrogen-bond donors (Lipinski definition) is 1. The molecule has 182 valence electrons. The molecule has 4 rings (SSSR count). The predicted molar refractivity (Wildman–Crippen MR) is 134 cm³/mol. The first-order chi connectivity index (χ1) is 16.7. The number of Topliss-reactive ketones (excluding diaryl/α,β-unsaturated/α-hetero) is 1. The summed E-state index contributed by atoms with van der Waals surface area (Å²) in [5.41, 5.74) is 3.48. The highest BCUT2D eigenvalue weighted by molar-refractivity contribution is 5.84. The summed E-state index contributed by atoms with van der Waals surface area (Å²) in [7, 11) is 1.59. The molecule has 4 aromatic rings. The van der Waals surface area contributed by atoms with Crippen LogP contribution < -0.4 is 15.6 Å². The predicted octanol–water partition coefficient (Wildman–Crippen LogP) is 4.32. The lowest BCUT2D eigenvalue weighted by molar-refractivity contribution is -0.120. The van der Waals surface area contributed by atoms with E-state index in [1.165, 1.54) is 0 Å². The molecule has 35 heavy (non-hydrogen) atoms. The van der Waals surface area contributed by atoms with Gasteiger partial charge in [-0.15, -0.1) is 0 Å². The molecule has 1 atom stereocenters. The topological polar surface area (TPSA) is 112 Å². The number of ketones is 1. The van der Waals surface area contributed by atoms with Crippen LogP contribution >= 0.6 is 0 Å². The maximum absolute atomic E-state index is 13.7. The van der Waals surface area contributed by atoms with Crippen molar-refractivity contribution in [2.45, 2.75) is 40.7 Å². The van der Waals surface area contributed by atoms with Gasteiger partial charge in [0, 0.05) is 11.5 Å². The molecule has 1 aromatic carbocycles. The minimum absolute atomic E-state index is 0.0116. The van der Waals surface area contributed by atoms with Crippen molar-refractivity contribution in [3.63, 3.8) is 0 Å². The third-order valence-corrected chi connectivity index (χ3v) is 6.08. The third kappa shape index (κ3) is 4.53. The Hall–Kier alpha value is -4.01. The van der Waals surface area contributed by atoms with Crippen LogP contribution in [-0.2, 0) is 4.79 Å². The van der Waals surface area contributed by atoms with E-state index in [0.29, 0.717) is 34.1 Å². The van der Waals surface area contributed by atoms with Gasteiger partial charge < -0.3 is 14.6 Å². The first kappa shape index (κ1) is 24.1. The minimum atomic E-state index is -0.432. The van der Waals surface area contributed by atoms with E-state index in [0.717, 1.165) is 11.1 Å². The number of aryl methyl sites for hydroxylation is 2. The monoisotopic (exact) mass is 475 g/mol. The van der Waals surface area contributed by atoms with Crippen LogP contribution in [0.15, 0.2) is 45.7 Å². The molecule has 0 aliphatic rings. The van der Waals surface area contributed by atoms with Gasteiger partial charge in [0.15, 0.2) is 17.2 Å². The number of aromatic nitrogens is 4. The summed E-state index contributed by atoms with van der Waals surface area (Å²) in [5.74, 6) is 1.22. The number of para-hydroxylation sites is 1. The van der Waals surface area contributed by atoms with Crippen LogP contribution in [-0.4, -0.2) is 39.1 Å². The van der Waals surface area contributed by atoms with Gasteiger partial charge in [0.25, 0.3) is 5.56 Å². The normalized spacial score (nSPS) is 12.2. The Bertz CT molecular complexity index is 1430. The number of methoxy groups -OCH3 is 1. The smallest absolute Gasteiger partial charge is 0.295 e. The lowest BCUT2D eigenvalue weighted by atomic mass is 10.1. The van der Waals surface area contributed by atoms with Crippen molar-refractivity contribution >= 4 is 22.8 Å². The summed E-state index contributed by atoms with van der Waals surface area (Å²) in [6.07, 6.45) is 0. The van der Waals surface area contributed by atoms with Crippen LogP contribution in [0, 0.1) is 19.8 Å². The molecule has 0 saturated heterocycles. The second kappa shape index (κ2) is 9.69. The first-order valence-electron chi connectivity index (χ1n) is 11.5. The van der Waals surface area contributed by atoms with Gasteiger partial charge in [-0.25, -0.2) is 9.97 Å². The average Bonchev–Trinajstić information content (AvgIpc) is 3.19. The number of ether oxygens (including phenoxy) is 1. The Morgan fingerprint density at radius 3 is 2.51 bits per heavy atom. The molecule has 1 unspecified atom stereocenters. The number of nitrogens with one attached hydrogen (secondary N) is 1. The molecule has 0 radical (unpaired) electrons. The standard InChI is InChI=1S/C26H29N5O4/c1-14(2)21(32)13-27-24-26(33)31(16(4)18-9-7-8-10-22(18)34-6)25-20(28-24)12-11-19(29-25)23-15(3)30-35-17(23)5/h7-12,14,16H,13H2,1-6H3,(H,27,28). The van der Waals surface area contributed by atoms with Crippen LogP contribution in [0.25, 0.3) is 22.4 Å². The van der Waals surface area contributed by atoms with Crippen LogP contribution in [0.2, 0.25) is 0 Å². The second-order valence-corrected chi connectivity index (χ2v) is 8.77. The van der Waals surface area contributed by atoms with E-state index in [1.54, 1.807) is 11.7 Å². The van der Waals surface area contributed by atoms with E-state index < -0.39 is 6.04 Å². The number of fused-ring (bicyclic) bond motifs is 1. The van der Waals surface area contributed by atoms with E-state index in [2.05, 4.69) is 15.5 Å². The molecule has 9 heteroatoms. The number of hydrogen-bond acceptors (Lipinski definition) is 8. The highest BCUT2D eigenvalue weighted by atomic mass is 16.5. The summed E-state index contributed by atoms with van der Waals surface area (Å²) in [4.78, 5) is 35.3. The Morgan fingerprint density at radius 2 is 1.86 bits per heavy atom. The zero-order valence-corrected chi connectivity index (χ0v) is 20.7. The molecule has 0 aliphatic heterocycles. The van der Waals surface area contributed by atoms with Crippen LogP contribution in [0.5, 0.6) is 5.75 Å². The minimum Gasteiger partial charge on any atom is -0.496 e. The molecule has 0 amide bonds. The molecule has 0 aliphatic carbocycles. The van der Waals surface area contributed by atoms with Crippen LogP contribution in [0.3, 0.4) is 0 Å². The van der Waals surface area contributed by atoms with Crippen LogP contribution in [0.1, 0.15) is 43.8 Å². The average molecular weight is 476 g/mol. The molecule has 0 fully saturated rings. The maximum Gasteiger partial charge on any atom is 0.295 e. The maximum atomic E-state index is 13.7. The largest absolute Gasteiger partial charge is 0.496 e.